The van der Waals surface area contributed by atoms with Gasteiger partial charge in [0.15, 0.2) is 0 Å². The van der Waals surface area contributed by atoms with Crippen LogP contribution in [0.1, 0.15) is 101 Å². The van der Waals surface area contributed by atoms with Crippen molar-refractivity contribution in [1.82, 2.24) is 18.3 Å². The van der Waals surface area contributed by atoms with Gasteiger partial charge in [-0.3, -0.25) is 56.6 Å². The molecule has 0 spiro atoms. The lowest BCUT2D eigenvalue weighted by atomic mass is 9.90. The maximum Gasteiger partial charge on any atom is 0.261 e. The van der Waals surface area contributed by atoms with Gasteiger partial charge in [0.05, 0.1) is 67.3 Å². The molecule has 3 aliphatic rings. The topological polar surface area (TPSA) is 208 Å². The van der Waals surface area contributed by atoms with E-state index in [-0.39, 0.29) is 55.2 Å². The van der Waals surface area contributed by atoms with E-state index in [1.165, 1.54) is 33.4 Å². The van der Waals surface area contributed by atoms with Crippen molar-refractivity contribution in [2.24, 2.45) is 11.5 Å². The molecule has 4 N–H and O–H groups in total. The van der Waals surface area contributed by atoms with E-state index in [0.717, 1.165) is 34.8 Å². The molecule has 3 fully saturated rings. The summed E-state index contributed by atoms with van der Waals surface area (Å²) in [6.07, 6.45) is 7.90. The Morgan fingerprint density at radius 3 is 0.750 bits per heavy atom. The molecule has 268 valence electrons. The molecule has 3 aliphatic carbocycles. The standard InChI is InChI=1S/C38H38N6O8/c39-25-7-1-3-9-27(25)41-31(45)17-13-21-22(14-18(17)32(41)46)36(50)43(35(21)49)29-11-5-6-12-30(29)44-37(51)23-15-19-20(16-24(23)38(44)52)34(48)42(33(19)47)28-10-4-2-8-26(28)40/h13-16,25-30H,1-12,39-40H2/t25-,26-,27-,28?,29?,30-/m1/s1. The van der Waals surface area contributed by atoms with E-state index in [1.807, 2.05) is 0 Å². The van der Waals surface area contributed by atoms with Crippen LogP contribution in [0.25, 0.3) is 43.1 Å². The van der Waals surface area contributed by atoms with Crippen molar-refractivity contribution in [1.29, 1.82) is 0 Å². The van der Waals surface area contributed by atoms with Gasteiger partial charge >= 0.3 is 0 Å². The third kappa shape index (κ3) is 4.43. The molecule has 0 radical (unpaired) electrons. The molecule has 9 rings (SSSR count). The number of hydrogen-bond acceptors (Lipinski definition) is 10. The van der Waals surface area contributed by atoms with Gasteiger partial charge in [-0.2, -0.15) is 0 Å². The molecule has 52 heavy (non-hydrogen) atoms. The zero-order valence-electron chi connectivity index (χ0n) is 28.5. The maximum atomic E-state index is 14.1. The van der Waals surface area contributed by atoms with Gasteiger partial charge in [-0.15, -0.1) is 0 Å². The lowest BCUT2D eigenvalue weighted by Crippen LogP contribution is -2.42. The predicted octanol–water partition coefficient (Wildman–Crippen LogP) is 1.38. The first kappa shape index (κ1) is 32.8. The fraction of sp³-hybridized carbons (Fsp3) is 0.474. The van der Waals surface area contributed by atoms with Crippen molar-refractivity contribution in [3.8, 4) is 0 Å². The second-order valence-electron chi connectivity index (χ2n) is 15.3. The molecule has 0 saturated heterocycles. The van der Waals surface area contributed by atoms with E-state index in [2.05, 4.69) is 0 Å². The molecule has 6 aromatic rings. The van der Waals surface area contributed by atoms with Crippen LogP contribution in [-0.2, 0) is 0 Å². The minimum atomic E-state index is -0.875. The molecule has 4 aromatic heterocycles. The fourth-order valence-electron chi connectivity index (χ4n) is 9.84. The van der Waals surface area contributed by atoms with E-state index in [0.29, 0.717) is 51.4 Å². The Bertz CT molecular complexity index is 2560. The monoisotopic (exact) mass is 706 g/mol. The Morgan fingerprint density at radius 1 is 0.327 bits per heavy atom. The van der Waals surface area contributed by atoms with Crippen molar-refractivity contribution in [2.75, 3.05) is 0 Å². The summed E-state index contributed by atoms with van der Waals surface area (Å²) in [6, 6.07) is 1.88. The zero-order valence-corrected chi connectivity index (χ0v) is 28.5. The second kappa shape index (κ2) is 11.7. The number of fused-ring (bicyclic) bond motifs is 4. The van der Waals surface area contributed by atoms with Gasteiger partial charge in [-0.25, -0.2) is 0 Å². The minimum absolute atomic E-state index is 0.0120. The summed E-state index contributed by atoms with van der Waals surface area (Å²) >= 11 is 0. The number of benzene rings is 2. The summed E-state index contributed by atoms with van der Waals surface area (Å²) in [5.41, 5.74) is 7.76. The van der Waals surface area contributed by atoms with Crippen LogP contribution in [-0.4, -0.2) is 30.4 Å². The zero-order chi connectivity index (χ0) is 36.3. The Labute approximate surface area is 292 Å². The van der Waals surface area contributed by atoms with E-state index in [9.17, 15) is 38.4 Å². The van der Waals surface area contributed by atoms with E-state index >= 15 is 0 Å². The van der Waals surface area contributed by atoms with Crippen molar-refractivity contribution in [3.05, 3.63) is 107 Å². The lowest BCUT2D eigenvalue weighted by molar-refractivity contribution is 0.229. The molecule has 2 unspecified atom stereocenters. The van der Waals surface area contributed by atoms with Gasteiger partial charge < -0.3 is 11.5 Å². The number of rotatable bonds is 4. The van der Waals surface area contributed by atoms with Crippen molar-refractivity contribution in [3.63, 3.8) is 0 Å². The lowest BCUT2D eigenvalue weighted by Gasteiger charge is -2.31. The summed E-state index contributed by atoms with van der Waals surface area (Å²) in [6.45, 7) is 0. The van der Waals surface area contributed by atoms with Gasteiger partial charge in [0.25, 0.3) is 44.5 Å². The van der Waals surface area contributed by atoms with Crippen LogP contribution in [0.2, 0.25) is 0 Å². The van der Waals surface area contributed by atoms with Gasteiger partial charge in [-0.1, -0.05) is 38.5 Å². The van der Waals surface area contributed by atoms with E-state index in [1.54, 1.807) is 0 Å². The van der Waals surface area contributed by atoms with E-state index in [4.69, 9.17) is 11.5 Å². The Morgan fingerprint density at radius 2 is 0.519 bits per heavy atom. The predicted molar refractivity (Wildman–Crippen MR) is 197 cm³/mol. The van der Waals surface area contributed by atoms with Crippen molar-refractivity contribution in [2.45, 2.75) is 113 Å². The highest BCUT2D eigenvalue weighted by molar-refractivity contribution is 5.99. The summed E-state index contributed by atoms with van der Waals surface area (Å²) in [5, 5.41) is 0.142. The number of nitrogens with zero attached hydrogens (tertiary/aromatic N) is 4. The van der Waals surface area contributed by atoms with Gasteiger partial charge in [-0.05, 0) is 62.8 Å². The number of aromatic nitrogens is 4. The van der Waals surface area contributed by atoms with Crippen LogP contribution >= 0.6 is 0 Å². The molecule has 0 aliphatic heterocycles. The van der Waals surface area contributed by atoms with Crippen LogP contribution in [0.15, 0.2) is 62.6 Å². The molecule has 0 bridgehead atoms. The summed E-state index contributed by atoms with van der Waals surface area (Å²) in [7, 11) is 0. The molecular formula is C38H38N6O8. The number of hydrogen-bond donors (Lipinski definition) is 2. The third-order valence-electron chi connectivity index (χ3n) is 12.5. The molecule has 0 amide bonds. The first-order valence-electron chi connectivity index (χ1n) is 18.4. The largest absolute Gasteiger partial charge is 0.326 e. The minimum Gasteiger partial charge on any atom is -0.326 e. The molecule has 6 atom stereocenters. The van der Waals surface area contributed by atoms with Crippen LogP contribution < -0.4 is 55.9 Å². The third-order valence-corrected chi connectivity index (χ3v) is 12.5. The molecular weight excluding hydrogens is 668 g/mol. The SMILES string of the molecule is N[C@@H]1CCCCC1n1c(=O)c2cc3c(=O)n([C@@H]4CCCCC4n4c(=O)c5cc6c(=O)n([C@@H]7CCCC[C@H]7N)c(=O)c6cc5c4=O)c(=O)c3cc2c1=O. The summed E-state index contributed by atoms with van der Waals surface area (Å²) in [5.74, 6) is 0. The highest BCUT2D eigenvalue weighted by atomic mass is 16.2. The number of nitrogens with two attached hydrogens (primary N) is 2. The van der Waals surface area contributed by atoms with Crippen molar-refractivity contribution < 1.29 is 0 Å². The fourth-order valence-corrected chi connectivity index (χ4v) is 9.84. The van der Waals surface area contributed by atoms with Crippen LogP contribution in [0, 0.1) is 0 Å². The molecule has 3 saturated carbocycles. The molecule has 14 nitrogen and oxygen atoms in total. The van der Waals surface area contributed by atoms with Gasteiger partial charge in [0.2, 0.25) is 0 Å². The average Bonchev–Trinajstić information content (AvgIpc) is 3.73. The van der Waals surface area contributed by atoms with Crippen LogP contribution in [0.5, 0.6) is 0 Å². The maximum absolute atomic E-state index is 14.1. The van der Waals surface area contributed by atoms with Crippen molar-refractivity contribution >= 4 is 43.1 Å². The molecule has 2 aromatic carbocycles. The Kier molecular flexibility index (Phi) is 7.39. The summed E-state index contributed by atoms with van der Waals surface area (Å²) < 4.78 is 4.48. The van der Waals surface area contributed by atoms with Gasteiger partial charge in [0.1, 0.15) is 0 Å². The second-order valence-corrected chi connectivity index (χ2v) is 15.3. The first-order chi connectivity index (χ1) is 25.0. The highest BCUT2D eigenvalue weighted by Crippen LogP contribution is 2.36. The van der Waals surface area contributed by atoms with Crippen LogP contribution in [0.3, 0.4) is 0 Å². The molecule has 4 heterocycles. The first-order valence-corrected chi connectivity index (χ1v) is 18.4. The quantitative estimate of drug-likeness (QED) is 0.269. The average molecular weight is 707 g/mol. The van der Waals surface area contributed by atoms with Crippen LogP contribution in [0.4, 0.5) is 0 Å². The Hall–Kier alpha value is -5.08. The highest BCUT2D eigenvalue weighted by Gasteiger charge is 2.36. The van der Waals surface area contributed by atoms with Gasteiger partial charge in [0, 0.05) is 12.1 Å². The normalized spacial score (nSPS) is 26.0. The molecule has 14 heteroatoms. The van der Waals surface area contributed by atoms with E-state index < -0.39 is 68.6 Å². The smallest absolute Gasteiger partial charge is 0.261 e. The Balaban J connectivity index is 1.17. The summed E-state index contributed by atoms with van der Waals surface area (Å²) in [4.78, 5) is 111.